The Labute approximate surface area is 169 Å². The van der Waals surface area contributed by atoms with Crippen LogP contribution in [-0.2, 0) is 21.9 Å². The lowest BCUT2D eigenvalue weighted by Gasteiger charge is -2.14. The molecule has 0 spiro atoms. The van der Waals surface area contributed by atoms with Crippen LogP contribution < -0.4 is 0 Å². The van der Waals surface area contributed by atoms with E-state index < -0.39 is 29.4 Å². The molecular formula is C22H18F6O2. The van der Waals surface area contributed by atoms with E-state index in [2.05, 4.69) is 0 Å². The van der Waals surface area contributed by atoms with Gasteiger partial charge in [-0.25, -0.2) is 0 Å². The lowest BCUT2D eigenvalue weighted by atomic mass is 9.94. The number of benzene rings is 2. The Morgan fingerprint density at radius 2 is 1.40 bits per heavy atom. The Morgan fingerprint density at radius 3 is 1.83 bits per heavy atom. The number of alkyl halides is 6. The van der Waals surface area contributed by atoms with E-state index in [0.29, 0.717) is 0 Å². The second kappa shape index (κ2) is 9.65. The summed E-state index contributed by atoms with van der Waals surface area (Å²) in [6.07, 6.45) is -5.11. The van der Waals surface area contributed by atoms with Crippen molar-refractivity contribution in [2.75, 3.05) is 6.61 Å². The molecule has 0 fully saturated rings. The largest absolute Gasteiger partial charge is 0.466 e. The van der Waals surface area contributed by atoms with Gasteiger partial charge in [0.1, 0.15) is 0 Å². The highest BCUT2D eigenvalue weighted by molar-refractivity contribution is 5.81. The van der Waals surface area contributed by atoms with Gasteiger partial charge >= 0.3 is 18.3 Å². The fraction of sp³-hybridized carbons (Fsp3) is 0.227. The summed E-state index contributed by atoms with van der Waals surface area (Å²) >= 11 is 0. The number of ether oxygens (including phenoxy) is 1. The number of carbonyl (C=O) groups excluding carboxylic acids is 1. The topological polar surface area (TPSA) is 26.3 Å². The summed E-state index contributed by atoms with van der Waals surface area (Å²) in [5, 5.41) is 0. The summed E-state index contributed by atoms with van der Waals surface area (Å²) in [7, 11) is 0. The molecule has 0 saturated heterocycles. The molecule has 30 heavy (non-hydrogen) atoms. The van der Waals surface area contributed by atoms with E-state index in [0.717, 1.165) is 24.3 Å². The quantitative estimate of drug-likeness (QED) is 0.292. The van der Waals surface area contributed by atoms with Crippen molar-refractivity contribution in [1.82, 2.24) is 0 Å². The van der Waals surface area contributed by atoms with Gasteiger partial charge in [0.25, 0.3) is 0 Å². The maximum absolute atomic E-state index is 13.1. The molecule has 0 aliphatic rings. The minimum absolute atomic E-state index is 0.0806. The van der Waals surface area contributed by atoms with Crippen molar-refractivity contribution in [2.45, 2.75) is 25.7 Å². The molecule has 2 nitrogen and oxygen atoms in total. The van der Waals surface area contributed by atoms with Crippen LogP contribution >= 0.6 is 0 Å². The van der Waals surface area contributed by atoms with Crippen molar-refractivity contribution in [3.05, 3.63) is 89.0 Å². The van der Waals surface area contributed by atoms with Gasteiger partial charge in [-0.05, 0) is 47.9 Å². The molecule has 2 aromatic rings. The maximum atomic E-state index is 13.1. The molecule has 0 aliphatic carbocycles. The molecule has 2 rings (SSSR count). The first-order valence-corrected chi connectivity index (χ1v) is 8.90. The molecule has 0 saturated carbocycles. The minimum Gasteiger partial charge on any atom is -0.466 e. The van der Waals surface area contributed by atoms with Crippen LogP contribution in [0.1, 0.15) is 35.6 Å². The van der Waals surface area contributed by atoms with Crippen molar-refractivity contribution >= 4 is 11.5 Å². The van der Waals surface area contributed by atoms with Gasteiger partial charge in [0.15, 0.2) is 0 Å². The Balaban J connectivity index is 2.50. The molecule has 160 valence electrons. The molecule has 0 atom stereocenters. The molecule has 2 aromatic carbocycles. The number of hydrogen-bond donors (Lipinski definition) is 0. The second-order valence-corrected chi connectivity index (χ2v) is 6.17. The van der Waals surface area contributed by atoms with Crippen molar-refractivity contribution < 1.29 is 35.9 Å². The predicted molar refractivity (Wildman–Crippen MR) is 100 cm³/mol. The number of halogens is 6. The monoisotopic (exact) mass is 428 g/mol. The summed E-state index contributed by atoms with van der Waals surface area (Å²) in [4.78, 5) is 11.4. The van der Waals surface area contributed by atoms with Crippen molar-refractivity contribution in [1.29, 1.82) is 0 Å². The third kappa shape index (κ3) is 6.50. The Bertz CT molecular complexity index is 880. The zero-order valence-electron chi connectivity index (χ0n) is 15.8. The summed E-state index contributed by atoms with van der Waals surface area (Å²) < 4.78 is 83.3. The molecular weight excluding hydrogens is 410 g/mol. The molecule has 0 heterocycles. The standard InChI is InChI=1S/C22H18F6O2/c1-2-30-20(29)12-4-3-11-19(15-7-5-9-17(13-15)21(23,24)25)16-8-6-10-18(14-16)22(26,27)28/h3-11,13-14H,2,12H2,1H3/b4-3-. The van der Waals surface area contributed by atoms with Gasteiger partial charge in [0.05, 0.1) is 24.2 Å². The van der Waals surface area contributed by atoms with Gasteiger partial charge in [0.2, 0.25) is 0 Å². The zero-order chi connectivity index (χ0) is 22.4. The number of carbonyl (C=O) groups is 1. The van der Waals surface area contributed by atoms with E-state index in [4.69, 9.17) is 4.74 Å². The number of rotatable bonds is 6. The maximum Gasteiger partial charge on any atom is 0.416 e. The van der Waals surface area contributed by atoms with Gasteiger partial charge < -0.3 is 4.74 Å². The van der Waals surface area contributed by atoms with Crippen LogP contribution in [0.5, 0.6) is 0 Å². The third-order valence-corrected chi connectivity index (χ3v) is 3.99. The van der Waals surface area contributed by atoms with Crippen LogP contribution in [0.3, 0.4) is 0 Å². The fourth-order valence-electron chi connectivity index (χ4n) is 2.63. The molecule has 0 aliphatic heterocycles. The molecule has 8 heteroatoms. The molecule has 0 bridgehead atoms. The van der Waals surface area contributed by atoms with E-state index in [-0.39, 0.29) is 29.7 Å². The Kier molecular flexibility index (Phi) is 7.48. The van der Waals surface area contributed by atoms with E-state index in [1.807, 2.05) is 0 Å². The number of allylic oxidation sites excluding steroid dienone is 2. The second-order valence-electron chi connectivity index (χ2n) is 6.17. The summed E-state index contributed by atoms with van der Waals surface area (Å²) in [6.45, 7) is 1.84. The Hall–Kier alpha value is -3.03. The van der Waals surface area contributed by atoms with Gasteiger partial charge in [-0.15, -0.1) is 0 Å². The predicted octanol–water partition coefficient (Wildman–Crippen LogP) is 6.67. The molecule has 0 unspecified atom stereocenters. The van der Waals surface area contributed by atoms with Gasteiger partial charge in [0, 0.05) is 0 Å². The van der Waals surface area contributed by atoms with Crippen molar-refractivity contribution in [3.63, 3.8) is 0 Å². The lowest BCUT2D eigenvalue weighted by molar-refractivity contribution is -0.142. The third-order valence-electron chi connectivity index (χ3n) is 3.99. The molecule has 0 amide bonds. The van der Waals surface area contributed by atoms with E-state index >= 15 is 0 Å². The van der Waals surface area contributed by atoms with Crippen LogP contribution in [-0.4, -0.2) is 12.6 Å². The molecule has 0 aromatic heterocycles. The van der Waals surface area contributed by atoms with Crippen LogP contribution in [0.2, 0.25) is 0 Å². The number of hydrogen-bond acceptors (Lipinski definition) is 2. The van der Waals surface area contributed by atoms with Gasteiger partial charge in [-0.3, -0.25) is 4.79 Å². The Morgan fingerprint density at radius 1 is 0.900 bits per heavy atom. The van der Waals surface area contributed by atoms with E-state index in [1.54, 1.807) is 6.92 Å². The first kappa shape index (κ1) is 23.3. The highest BCUT2D eigenvalue weighted by Crippen LogP contribution is 2.35. The van der Waals surface area contributed by atoms with E-state index in [9.17, 15) is 31.1 Å². The smallest absolute Gasteiger partial charge is 0.416 e. The normalized spacial score (nSPS) is 12.1. The summed E-state index contributed by atoms with van der Waals surface area (Å²) in [6, 6.07) is 8.61. The summed E-state index contributed by atoms with van der Waals surface area (Å²) in [5.41, 5.74) is -1.52. The highest BCUT2D eigenvalue weighted by Gasteiger charge is 2.32. The zero-order valence-corrected chi connectivity index (χ0v) is 15.8. The average molecular weight is 428 g/mol. The van der Waals surface area contributed by atoms with Gasteiger partial charge in [-0.1, -0.05) is 42.5 Å². The van der Waals surface area contributed by atoms with Gasteiger partial charge in [-0.2, -0.15) is 26.3 Å². The fourth-order valence-corrected chi connectivity index (χ4v) is 2.63. The summed E-state index contributed by atoms with van der Waals surface area (Å²) in [5.74, 6) is -0.498. The first-order valence-electron chi connectivity index (χ1n) is 8.90. The van der Waals surface area contributed by atoms with Crippen LogP contribution in [0, 0.1) is 0 Å². The number of esters is 1. The molecule has 0 radical (unpaired) electrons. The highest BCUT2D eigenvalue weighted by atomic mass is 19.4. The SMILES string of the molecule is CCOC(=O)C/C=C\C=C(c1cccc(C(F)(F)F)c1)c1cccc(C(F)(F)F)c1. The average Bonchev–Trinajstić information content (AvgIpc) is 2.67. The van der Waals surface area contributed by atoms with Crippen LogP contribution in [0.25, 0.3) is 5.57 Å². The minimum atomic E-state index is -4.60. The lowest BCUT2D eigenvalue weighted by Crippen LogP contribution is -2.06. The molecule has 0 N–H and O–H groups in total. The van der Waals surface area contributed by atoms with Crippen LogP contribution in [0.4, 0.5) is 26.3 Å². The van der Waals surface area contributed by atoms with E-state index in [1.165, 1.54) is 42.5 Å². The first-order chi connectivity index (χ1) is 14.0. The van der Waals surface area contributed by atoms with Crippen LogP contribution in [0.15, 0.2) is 66.8 Å². The van der Waals surface area contributed by atoms with Crippen molar-refractivity contribution in [2.24, 2.45) is 0 Å². The van der Waals surface area contributed by atoms with Crippen molar-refractivity contribution in [3.8, 4) is 0 Å².